The Hall–Kier alpha value is -2.56. The molecule has 4 rings (SSSR count). The number of hydrogen-bond donors (Lipinski definition) is 1. The Morgan fingerprint density at radius 2 is 1.92 bits per heavy atom. The highest BCUT2D eigenvalue weighted by atomic mass is 16.2. The van der Waals surface area contributed by atoms with Crippen molar-refractivity contribution in [3.63, 3.8) is 0 Å². The van der Waals surface area contributed by atoms with Crippen LogP contribution < -0.4 is 5.32 Å². The molecule has 2 aliphatic rings. The zero-order valence-corrected chi connectivity index (χ0v) is 13.5. The summed E-state index contributed by atoms with van der Waals surface area (Å²) in [5, 5.41) is 3.03. The fourth-order valence-corrected chi connectivity index (χ4v) is 3.27. The highest BCUT2D eigenvalue weighted by molar-refractivity contribution is 5.93. The van der Waals surface area contributed by atoms with E-state index >= 15 is 0 Å². The van der Waals surface area contributed by atoms with E-state index in [2.05, 4.69) is 5.32 Å². The summed E-state index contributed by atoms with van der Waals surface area (Å²) in [6.07, 6.45) is 3.92. The number of rotatable bonds is 5. The number of hydrogen-bond acceptors (Lipinski definition) is 2. The molecule has 0 saturated heterocycles. The van der Waals surface area contributed by atoms with Gasteiger partial charge in [-0.25, -0.2) is 0 Å². The summed E-state index contributed by atoms with van der Waals surface area (Å²) in [6.45, 7) is 1.78. The number of carbonyl (C=O) groups is 2. The molecule has 2 aromatic rings. The van der Waals surface area contributed by atoms with E-state index < -0.39 is 0 Å². The second-order valence-electron chi connectivity index (χ2n) is 6.64. The Balaban J connectivity index is 1.53. The van der Waals surface area contributed by atoms with Crippen LogP contribution in [-0.4, -0.2) is 33.9 Å². The van der Waals surface area contributed by atoms with Crippen LogP contribution in [0.15, 0.2) is 48.7 Å². The molecule has 5 heteroatoms. The Bertz CT molecular complexity index is 749. The number of nitrogens with zero attached hydrogens (tertiary/aromatic N) is 2. The fraction of sp³-hybridized carbons (Fsp3) is 0.368. The second kappa shape index (κ2) is 6.15. The van der Waals surface area contributed by atoms with Crippen LogP contribution in [0.1, 0.15) is 28.9 Å². The molecular formula is C19H21N3O2. The molecule has 5 nitrogen and oxygen atoms in total. The predicted molar refractivity (Wildman–Crippen MR) is 90.3 cm³/mol. The van der Waals surface area contributed by atoms with Crippen LogP contribution in [-0.2, 0) is 17.9 Å². The van der Waals surface area contributed by atoms with Gasteiger partial charge in [-0.05, 0) is 30.5 Å². The van der Waals surface area contributed by atoms with E-state index in [1.807, 2.05) is 58.1 Å². The number of nitrogens with one attached hydrogen (secondary N) is 1. The molecule has 2 amide bonds. The molecule has 1 aromatic carbocycles. The molecule has 1 aliphatic heterocycles. The maximum atomic E-state index is 12.9. The van der Waals surface area contributed by atoms with Gasteiger partial charge in [0.2, 0.25) is 5.91 Å². The van der Waals surface area contributed by atoms with Crippen molar-refractivity contribution in [2.75, 3.05) is 6.54 Å². The van der Waals surface area contributed by atoms with Gasteiger partial charge >= 0.3 is 0 Å². The standard InChI is InChI=1S/C19H21N3O2/c23-18(15-8-9-15)20-11-16-13-21-10-4-7-17(21)19(24)22(16)12-14-5-2-1-3-6-14/h1-7,10,15-16H,8-9,11-13H2,(H,20,23). The quantitative estimate of drug-likeness (QED) is 0.915. The number of benzene rings is 1. The summed E-state index contributed by atoms with van der Waals surface area (Å²) in [7, 11) is 0. The van der Waals surface area contributed by atoms with Gasteiger partial charge in [0, 0.05) is 31.7 Å². The smallest absolute Gasteiger partial charge is 0.271 e. The molecule has 1 aromatic heterocycles. The third-order valence-electron chi connectivity index (χ3n) is 4.81. The van der Waals surface area contributed by atoms with Crippen molar-refractivity contribution in [1.29, 1.82) is 0 Å². The topological polar surface area (TPSA) is 54.3 Å². The lowest BCUT2D eigenvalue weighted by Gasteiger charge is -2.37. The summed E-state index contributed by atoms with van der Waals surface area (Å²) >= 11 is 0. The van der Waals surface area contributed by atoms with Crippen LogP contribution >= 0.6 is 0 Å². The minimum absolute atomic E-state index is 0.0275. The number of carbonyl (C=O) groups excluding carboxylic acids is 2. The zero-order chi connectivity index (χ0) is 16.5. The van der Waals surface area contributed by atoms with Gasteiger partial charge in [0.1, 0.15) is 5.69 Å². The molecule has 1 unspecified atom stereocenters. The molecule has 1 saturated carbocycles. The van der Waals surface area contributed by atoms with Crippen LogP contribution in [0.4, 0.5) is 0 Å². The Morgan fingerprint density at radius 1 is 1.12 bits per heavy atom. The molecule has 1 N–H and O–H groups in total. The summed E-state index contributed by atoms with van der Waals surface area (Å²) in [5.41, 5.74) is 1.82. The number of fused-ring (bicyclic) bond motifs is 1. The SMILES string of the molecule is O=C(NCC1Cn2cccc2C(=O)N1Cc1ccccc1)C1CC1. The van der Waals surface area contributed by atoms with Gasteiger partial charge in [-0.15, -0.1) is 0 Å². The molecule has 0 radical (unpaired) electrons. The van der Waals surface area contributed by atoms with Crippen LogP contribution in [0.5, 0.6) is 0 Å². The van der Waals surface area contributed by atoms with E-state index in [9.17, 15) is 9.59 Å². The number of aromatic nitrogens is 1. The third-order valence-corrected chi connectivity index (χ3v) is 4.81. The van der Waals surface area contributed by atoms with E-state index in [0.717, 1.165) is 24.1 Å². The van der Waals surface area contributed by atoms with Gasteiger partial charge in [0.05, 0.1) is 6.04 Å². The molecular weight excluding hydrogens is 302 g/mol. The molecule has 0 spiro atoms. The van der Waals surface area contributed by atoms with E-state index in [4.69, 9.17) is 0 Å². The van der Waals surface area contributed by atoms with E-state index in [1.165, 1.54) is 0 Å². The van der Waals surface area contributed by atoms with Crippen molar-refractivity contribution < 1.29 is 9.59 Å². The van der Waals surface area contributed by atoms with Crippen molar-refractivity contribution in [3.05, 3.63) is 59.9 Å². The van der Waals surface area contributed by atoms with Crippen LogP contribution in [0, 0.1) is 5.92 Å². The zero-order valence-electron chi connectivity index (χ0n) is 13.5. The molecule has 2 heterocycles. The average Bonchev–Trinajstić information content (AvgIpc) is 3.35. The minimum Gasteiger partial charge on any atom is -0.354 e. The second-order valence-corrected chi connectivity index (χ2v) is 6.64. The highest BCUT2D eigenvalue weighted by Crippen LogP contribution is 2.29. The van der Waals surface area contributed by atoms with Crippen LogP contribution in [0.25, 0.3) is 0 Å². The van der Waals surface area contributed by atoms with Crippen molar-refractivity contribution in [1.82, 2.24) is 14.8 Å². The van der Waals surface area contributed by atoms with Gasteiger partial charge < -0.3 is 14.8 Å². The Kier molecular flexibility index (Phi) is 3.84. The average molecular weight is 323 g/mol. The molecule has 24 heavy (non-hydrogen) atoms. The van der Waals surface area contributed by atoms with Gasteiger partial charge in [0.15, 0.2) is 0 Å². The first-order valence-electron chi connectivity index (χ1n) is 8.50. The summed E-state index contributed by atoms with van der Waals surface area (Å²) in [6, 6.07) is 13.7. The van der Waals surface area contributed by atoms with Gasteiger partial charge in [-0.3, -0.25) is 9.59 Å². The van der Waals surface area contributed by atoms with E-state index in [0.29, 0.717) is 19.6 Å². The maximum absolute atomic E-state index is 12.9. The first kappa shape index (κ1) is 15.0. The Labute approximate surface area is 141 Å². The van der Waals surface area contributed by atoms with Crippen molar-refractivity contribution in [3.8, 4) is 0 Å². The normalized spacial score (nSPS) is 19.9. The summed E-state index contributed by atoms with van der Waals surface area (Å²) in [5.74, 6) is 0.343. The lowest BCUT2D eigenvalue weighted by molar-refractivity contribution is -0.122. The van der Waals surface area contributed by atoms with Gasteiger partial charge in [-0.2, -0.15) is 0 Å². The van der Waals surface area contributed by atoms with E-state index in [1.54, 1.807) is 0 Å². The monoisotopic (exact) mass is 323 g/mol. The molecule has 1 fully saturated rings. The molecule has 1 aliphatic carbocycles. The number of amides is 2. The lowest BCUT2D eigenvalue weighted by atomic mass is 10.1. The largest absolute Gasteiger partial charge is 0.354 e. The molecule has 1 atom stereocenters. The van der Waals surface area contributed by atoms with Crippen LogP contribution in [0.2, 0.25) is 0 Å². The lowest BCUT2D eigenvalue weighted by Crippen LogP contribution is -2.52. The predicted octanol–water partition coefficient (Wildman–Crippen LogP) is 2.04. The fourth-order valence-electron chi connectivity index (χ4n) is 3.27. The van der Waals surface area contributed by atoms with E-state index in [-0.39, 0.29) is 23.8 Å². The first-order valence-corrected chi connectivity index (χ1v) is 8.50. The summed E-state index contributed by atoms with van der Waals surface area (Å²) < 4.78 is 1.98. The van der Waals surface area contributed by atoms with Crippen molar-refractivity contribution in [2.45, 2.75) is 32.0 Å². The molecule has 124 valence electrons. The molecule has 0 bridgehead atoms. The van der Waals surface area contributed by atoms with Gasteiger partial charge in [0.25, 0.3) is 5.91 Å². The Morgan fingerprint density at radius 3 is 2.67 bits per heavy atom. The highest BCUT2D eigenvalue weighted by Gasteiger charge is 2.34. The summed E-state index contributed by atoms with van der Waals surface area (Å²) in [4.78, 5) is 26.7. The third kappa shape index (κ3) is 2.94. The van der Waals surface area contributed by atoms with Gasteiger partial charge in [-0.1, -0.05) is 30.3 Å². The van der Waals surface area contributed by atoms with Crippen LogP contribution in [0.3, 0.4) is 0 Å². The maximum Gasteiger partial charge on any atom is 0.271 e. The first-order chi connectivity index (χ1) is 11.7. The van der Waals surface area contributed by atoms with Crippen molar-refractivity contribution in [2.24, 2.45) is 5.92 Å². The minimum atomic E-state index is -0.0275. The van der Waals surface area contributed by atoms with Crippen molar-refractivity contribution >= 4 is 11.8 Å².